The quantitative estimate of drug-likeness (QED) is 0.666. The van der Waals surface area contributed by atoms with Crippen LogP contribution in [0, 0.1) is 0 Å². The van der Waals surface area contributed by atoms with Crippen LogP contribution < -0.4 is 4.74 Å². The average Bonchev–Trinajstić information content (AvgIpc) is 2.66. The van der Waals surface area contributed by atoms with Crippen LogP contribution in [0.1, 0.15) is 12.8 Å². The lowest BCUT2D eigenvalue weighted by atomic mass is 10.2. The fraction of sp³-hybridized carbons (Fsp3) is 0.158. The Balaban J connectivity index is 1.90. The van der Waals surface area contributed by atoms with E-state index in [0.29, 0.717) is 30.2 Å². The number of nitrogens with zero attached hydrogens (tertiary/aromatic N) is 3. The molecule has 6 heteroatoms. The Bertz CT molecular complexity index is 781. The lowest BCUT2D eigenvalue weighted by Gasteiger charge is -2.10. The summed E-state index contributed by atoms with van der Waals surface area (Å²) in [7, 11) is 0. The minimum atomic E-state index is -0.832. The molecule has 0 atom stereocenters. The van der Waals surface area contributed by atoms with Crippen molar-refractivity contribution in [3.8, 4) is 28.5 Å². The number of carboxylic acid groups (broad SMARTS) is 1. The monoisotopic (exact) mass is 335 g/mol. The van der Waals surface area contributed by atoms with Gasteiger partial charge in [-0.3, -0.25) is 14.8 Å². The molecule has 0 aliphatic rings. The van der Waals surface area contributed by atoms with Crippen LogP contribution in [0.4, 0.5) is 0 Å². The second-order valence-corrected chi connectivity index (χ2v) is 5.35. The Morgan fingerprint density at radius 2 is 1.52 bits per heavy atom. The first-order valence-corrected chi connectivity index (χ1v) is 7.92. The molecule has 0 aliphatic heterocycles. The maximum Gasteiger partial charge on any atom is 0.303 e. The van der Waals surface area contributed by atoms with E-state index in [9.17, 15) is 4.79 Å². The Morgan fingerprint density at radius 3 is 2.00 bits per heavy atom. The predicted octanol–water partition coefficient (Wildman–Crippen LogP) is 3.45. The van der Waals surface area contributed by atoms with Gasteiger partial charge in [-0.1, -0.05) is 12.1 Å². The van der Waals surface area contributed by atoms with Crippen LogP contribution in [-0.2, 0) is 4.79 Å². The molecule has 0 bridgehead atoms. The third-order valence-electron chi connectivity index (χ3n) is 3.46. The number of carboxylic acids is 1. The summed E-state index contributed by atoms with van der Waals surface area (Å²) in [4.78, 5) is 23.9. The van der Waals surface area contributed by atoms with Crippen LogP contribution in [0.15, 0.2) is 60.9 Å². The normalized spacial score (nSPS) is 10.4. The van der Waals surface area contributed by atoms with Crippen LogP contribution in [-0.4, -0.2) is 32.6 Å². The number of rotatable bonds is 7. The minimum absolute atomic E-state index is 0.0747. The van der Waals surface area contributed by atoms with E-state index in [1.807, 2.05) is 36.4 Å². The minimum Gasteiger partial charge on any atom is -0.493 e. The molecule has 126 valence electrons. The largest absolute Gasteiger partial charge is 0.493 e. The van der Waals surface area contributed by atoms with Gasteiger partial charge in [0.05, 0.1) is 29.4 Å². The van der Waals surface area contributed by atoms with E-state index >= 15 is 0 Å². The van der Waals surface area contributed by atoms with Crippen molar-refractivity contribution in [2.45, 2.75) is 12.8 Å². The van der Waals surface area contributed by atoms with Gasteiger partial charge in [0.1, 0.15) is 5.75 Å². The maximum atomic E-state index is 10.6. The molecule has 0 fully saturated rings. The average molecular weight is 335 g/mol. The molecule has 3 heterocycles. The van der Waals surface area contributed by atoms with Crippen molar-refractivity contribution < 1.29 is 14.6 Å². The Morgan fingerprint density at radius 1 is 0.920 bits per heavy atom. The fourth-order valence-corrected chi connectivity index (χ4v) is 2.29. The second-order valence-electron chi connectivity index (χ2n) is 5.35. The van der Waals surface area contributed by atoms with Crippen molar-refractivity contribution in [3.05, 3.63) is 60.9 Å². The van der Waals surface area contributed by atoms with Gasteiger partial charge in [0, 0.05) is 30.9 Å². The molecule has 0 unspecified atom stereocenters. The fourth-order valence-electron chi connectivity index (χ4n) is 2.29. The number of carbonyl (C=O) groups is 1. The first kappa shape index (κ1) is 16.6. The second kappa shape index (κ2) is 8.01. The van der Waals surface area contributed by atoms with E-state index in [-0.39, 0.29) is 6.42 Å². The number of ether oxygens (including phenoxy) is 1. The van der Waals surface area contributed by atoms with Gasteiger partial charge in [-0.2, -0.15) is 0 Å². The van der Waals surface area contributed by atoms with E-state index in [4.69, 9.17) is 9.84 Å². The van der Waals surface area contributed by atoms with Crippen molar-refractivity contribution in [1.29, 1.82) is 0 Å². The highest BCUT2D eigenvalue weighted by Gasteiger charge is 2.09. The van der Waals surface area contributed by atoms with Crippen LogP contribution >= 0.6 is 0 Å². The maximum absolute atomic E-state index is 10.6. The Hall–Kier alpha value is -3.28. The van der Waals surface area contributed by atoms with Crippen molar-refractivity contribution in [2.24, 2.45) is 0 Å². The van der Waals surface area contributed by atoms with Crippen LogP contribution in [0.3, 0.4) is 0 Å². The van der Waals surface area contributed by atoms with E-state index in [0.717, 1.165) is 11.4 Å². The summed E-state index contributed by atoms with van der Waals surface area (Å²) in [6, 6.07) is 14.8. The summed E-state index contributed by atoms with van der Waals surface area (Å²) in [5.74, 6) is -0.219. The molecule has 3 aromatic heterocycles. The molecule has 25 heavy (non-hydrogen) atoms. The molecule has 0 amide bonds. The summed E-state index contributed by atoms with van der Waals surface area (Å²) >= 11 is 0. The Labute approximate surface area is 145 Å². The highest BCUT2D eigenvalue weighted by atomic mass is 16.5. The number of aromatic nitrogens is 3. The molecular weight excluding hydrogens is 318 g/mol. The molecular formula is C19H17N3O3. The van der Waals surface area contributed by atoms with Crippen LogP contribution in [0.25, 0.3) is 22.8 Å². The van der Waals surface area contributed by atoms with Crippen molar-refractivity contribution in [2.75, 3.05) is 6.61 Å². The van der Waals surface area contributed by atoms with E-state index in [2.05, 4.69) is 15.0 Å². The molecule has 1 N–H and O–H groups in total. The SMILES string of the molecule is O=C(O)CCCOc1cc(-c2ccccn2)nc(-c2ccccn2)c1. The Kier molecular flexibility index (Phi) is 5.31. The zero-order chi connectivity index (χ0) is 17.5. The van der Waals surface area contributed by atoms with Gasteiger partial charge in [0.15, 0.2) is 0 Å². The molecule has 0 aliphatic carbocycles. The summed E-state index contributed by atoms with van der Waals surface area (Å²) < 4.78 is 5.72. The zero-order valence-electron chi connectivity index (χ0n) is 13.5. The smallest absolute Gasteiger partial charge is 0.303 e. The lowest BCUT2D eigenvalue weighted by Crippen LogP contribution is -2.03. The topological polar surface area (TPSA) is 85.2 Å². The summed E-state index contributed by atoms with van der Waals surface area (Å²) in [5.41, 5.74) is 2.82. The molecule has 0 aromatic carbocycles. The van der Waals surface area contributed by atoms with Gasteiger partial charge in [0.25, 0.3) is 0 Å². The summed E-state index contributed by atoms with van der Waals surface area (Å²) in [5, 5.41) is 8.71. The predicted molar refractivity (Wildman–Crippen MR) is 93.1 cm³/mol. The zero-order valence-corrected chi connectivity index (χ0v) is 13.5. The van der Waals surface area contributed by atoms with E-state index in [1.54, 1.807) is 24.5 Å². The molecule has 0 saturated heterocycles. The number of hydrogen-bond donors (Lipinski definition) is 1. The highest BCUT2D eigenvalue weighted by molar-refractivity contribution is 5.66. The van der Waals surface area contributed by atoms with Crippen molar-refractivity contribution in [1.82, 2.24) is 15.0 Å². The van der Waals surface area contributed by atoms with Gasteiger partial charge in [-0.05, 0) is 30.7 Å². The highest BCUT2D eigenvalue weighted by Crippen LogP contribution is 2.26. The molecule has 3 aromatic rings. The summed E-state index contributed by atoms with van der Waals surface area (Å²) in [6.07, 6.45) is 3.93. The van der Waals surface area contributed by atoms with E-state index < -0.39 is 5.97 Å². The van der Waals surface area contributed by atoms with Gasteiger partial charge < -0.3 is 9.84 Å². The molecule has 3 rings (SSSR count). The summed E-state index contributed by atoms with van der Waals surface area (Å²) in [6.45, 7) is 0.319. The first-order chi connectivity index (χ1) is 12.2. The number of aliphatic carboxylic acids is 1. The van der Waals surface area contributed by atoms with Gasteiger partial charge >= 0.3 is 5.97 Å². The lowest BCUT2D eigenvalue weighted by molar-refractivity contribution is -0.137. The van der Waals surface area contributed by atoms with E-state index in [1.165, 1.54) is 0 Å². The first-order valence-electron chi connectivity index (χ1n) is 7.92. The number of pyridine rings is 3. The van der Waals surface area contributed by atoms with Crippen molar-refractivity contribution in [3.63, 3.8) is 0 Å². The number of hydrogen-bond acceptors (Lipinski definition) is 5. The third-order valence-corrected chi connectivity index (χ3v) is 3.46. The van der Waals surface area contributed by atoms with Crippen LogP contribution in [0.5, 0.6) is 5.75 Å². The molecule has 0 radical (unpaired) electrons. The van der Waals surface area contributed by atoms with Gasteiger partial charge in [-0.15, -0.1) is 0 Å². The van der Waals surface area contributed by atoms with Gasteiger partial charge in [-0.25, -0.2) is 4.98 Å². The van der Waals surface area contributed by atoms with Crippen LogP contribution in [0.2, 0.25) is 0 Å². The van der Waals surface area contributed by atoms with Crippen molar-refractivity contribution >= 4 is 5.97 Å². The molecule has 6 nitrogen and oxygen atoms in total. The molecule has 0 spiro atoms. The molecule has 0 saturated carbocycles. The third kappa shape index (κ3) is 4.60. The standard InChI is InChI=1S/C19H17N3O3/c23-19(24)8-5-11-25-14-12-17(15-6-1-3-9-20-15)22-18(13-14)16-7-2-4-10-21-16/h1-4,6-7,9-10,12-13H,5,8,11H2,(H,23,24). The van der Waals surface area contributed by atoms with Gasteiger partial charge in [0.2, 0.25) is 0 Å².